The molecule has 0 aliphatic carbocycles. The van der Waals surface area contributed by atoms with E-state index in [0.717, 1.165) is 5.56 Å². The van der Waals surface area contributed by atoms with Crippen LogP contribution < -0.4 is 4.74 Å². The summed E-state index contributed by atoms with van der Waals surface area (Å²) in [5.74, 6) is -1.57. The minimum absolute atomic E-state index is 0.232. The van der Waals surface area contributed by atoms with Crippen molar-refractivity contribution in [3.05, 3.63) is 65.0 Å². The molecule has 2 aromatic rings. The third-order valence-corrected chi connectivity index (χ3v) is 5.73. The van der Waals surface area contributed by atoms with Gasteiger partial charge in [0.2, 0.25) is 5.79 Å². The molecule has 156 valence electrons. The quantitative estimate of drug-likeness (QED) is 0.571. The van der Waals surface area contributed by atoms with Crippen molar-refractivity contribution in [2.24, 2.45) is 0 Å². The summed E-state index contributed by atoms with van der Waals surface area (Å²) < 4.78 is 31.1. The zero-order chi connectivity index (χ0) is 20.8. The van der Waals surface area contributed by atoms with Gasteiger partial charge in [-0.3, -0.25) is 0 Å². The molecule has 0 aromatic heterocycles. The van der Waals surface area contributed by atoms with Crippen molar-refractivity contribution in [2.45, 2.75) is 36.1 Å². The lowest BCUT2D eigenvalue weighted by molar-refractivity contribution is -0.329. The van der Waals surface area contributed by atoms with Gasteiger partial charge in [0.25, 0.3) is 0 Å². The van der Waals surface area contributed by atoms with Gasteiger partial charge in [-0.15, -0.1) is 0 Å². The highest BCUT2D eigenvalue weighted by atomic mass is 19.1. The first kappa shape index (κ1) is 20.2. The number of rotatable bonds is 5. The molecule has 2 heterocycles. The van der Waals surface area contributed by atoms with Crippen LogP contribution in [0, 0.1) is 5.82 Å². The zero-order valence-corrected chi connectivity index (χ0v) is 15.8. The summed E-state index contributed by atoms with van der Waals surface area (Å²) in [6.45, 7) is -0.844. The van der Waals surface area contributed by atoms with E-state index in [1.54, 1.807) is 19.2 Å². The van der Waals surface area contributed by atoms with Crippen molar-refractivity contribution in [1.29, 1.82) is 0 Å². The van der Waals surface area contributed by atoms with Crippen LogP contribution in [0.15, 0.2) is 42.5 Å². The van der Waals surface area contributed by atoms with Gasteiger partial charge in [-0.05, 0) is 35.4 Å². The van der Waals surface area contributed by atoms with Crippen LogP contribution >= 0.6 is 0 Å². The summed E-state index contributed by atoms with van der Waals surface area (Å²) >= 11 is 0. The van der Waals surface area contributed by atoms with Gasteiger partial charge in [-0.25, -0.2) is 4.39 Å². The maximum Gasteiger partial charge on any atom is 0.225 e. The van der Waals surface area contributed by atoms with Crippen molar-refractivity contribution in [3.8, 4) is 5.75 Å². The topological polar surface area (TPSA) is 109 Å². The molecular formula is C21H23FO7. The number of methoxy groups -OCH3 is 1. The highest BCUT2D eigenvalue weighted by molar-refractivity contribution is 5.36. The number of aliphatic hydroxyl groups is 4. The van der Waals surface area contributed by atoms with Gasteiger partial charge in [-0.1, -0.05) is 18.2 Å². The fourth-order valence-corrected chi connectivity index (χ4v) is 3.97. The lowest BCUT2D eigenvalue weighted by Gasteiger charge is -2.45. The van der Waals surface area contributed by atoms with Crippen LogP contribution in [-0.2, 0) is 21.7 Å². The van der Waals surface area contributed by atoms with Crippen LogP contribution in [0.5, 0.6) is 5.75 Å². The Kier molecular flexibility index (Phi) is 5.10. The standard InChI is InChI=1S/C21H23FO7/c1-27-15-5-2-12(3-6-15)8-13-9-14(4-7-16(13)22)21-19(26)17(24)18(25)20(10-23,29-21)11-28-21/h2-7,9,17-19,23-26H,8,10-11H2,1H3/t17-,18-,19-,20-,21+/m0/s1. The lowest BCUT2D eigenvalue weighted by atomic mass is 9.83. The van der Waals surface area contributed by atoms with Gasteiger partial charge >= 0.3 is 0 Å². The van der Waals surface area contributed by atoms with Crippen molar-refractivity contribution in [1.82, 2.24) is 0 Å². The molecule has 0 amide bonds. The van der Waals surface area contributed by atoms with Gasteiger partial charge < -0.3 is 34.6 Å². The molecule has 0 saturated carbocycles. The predicted molar refractivity (Wildman–Crippen MR) is 98.8 cm³/mol. The molecular weight excluding hydrogens is 383 g/mol. The number of ether oxygens (including phenoxy) is 3. The molecule has 2 aliphatic rings. The number of hydrogen-bond acceptors (Lipinski definition) is 7. The Balaban J connectivity index is 1.69. The minimum atomic E-state index is -1.82. The van der Waals surface area contributed by atoms with Crippen LogP contribution in [0.1, 0.15) is 16.7 Å². The van der Waals surface area contributed by atoms with Crippen LogP contribution in [0.4, 0.5) is 4.39 Å². The molecule has 5 atom stereocenters. The average Bonchev–Trinajstić information content (AvgIpc) is 3.13. The zero-order valence-electron chi connectivity index (χ0n) is 15.8. The van der Waals surface area contributed by atoms with E-state index in [2.05, 4.69) is 0 Å². The van der Waals surface area contributed by atoms with E-state index in [1.165, 1.54) is 18.2 Å². The van der Waals surface area contributed by atoms with Crippen molar-refractivity contribution < 1.29 is 39.0 Å². The largest absolute Gasteiger partial charge is 0.497 e. The molecule has 2 aliphatic heterocycles. The summed E-state index contributed by atoms with van der Waals surface area (Å²) in [7, 11) is 1.56. The highest BCUT2D eigenvalue weighted by Crippen LogP contribution is 2.49. The van der Waals surface area contributed by atoms with Crippen LogP contribution in [0.25, 0.3) is 0 Å². The second-order valence-corrected chi connectivity index (χ2v) is 7.49. The van der Waals surface area contributed by atoms with E-state index < -0.39 is 42.1 Å². The third-order valence-electron chi connectivity index (χ3n) is 5.73. The highest BCUT2D eigenvalue weighted by Gasteiger charge is 2.67. The second-order valence-electron chi connectivity index (χ2n) is 7.49. The van der Waals surface area contributed by atoms with E-state index in [9.17, 15) is 24.8 Å². The molecule has 4 N–H and O–H groups in total. The normalized spacial score (nSPS) is 33.7. The van der Waals surface area contributed by atoms with E-state index in [4.69, 9.17) is 14.2 Å². The Bertz CT molecular complexity index is 889. The predicted octanol–water partition coefficient (Wildman–Crippen LogP) is 0.452. The van der Waals surface area contributed by atoms with Gasteiger partial charge in [0.1, 0.15) is 35.5 Å². The van der Waals surface area contributed by atoms with E-state index in [1.807, 2.05) is 12.1 Å². The van der Waals surface area contributed by atoms with E-state index >= 15 is 0 Å². The first-order valence-corrected chi connectivity index (χ1v) is 9.26. The molecule has 0 unspecified atom stereocenters. The Labute approximate surface area is 166 Å². The SMILES string of the molecule is COc1ccc(Cc2cc([C@@]34OC[C@](CO)(O3)[C@@H](O)[C@H](O)[C@@H]4O)ccc2F)cc1. The fourth-order valence-electron chi connectivity index (χ4n) is 3.97. The molecule has 0 radical (unpaired) electrons. The van der Waals surface area contributed by atoms with E-state index in [0.29, 0.717) is 11.3 Å². The molecule has 4 rings (SSSR count). The second kappa shape index (κ2) is 7.32. The van der Waals surface area contributed by atoms with Gasteiger partial charge in [-0.2, -0.15) is 0 Å². The van der Waals surface area contributed by atoms with Crippen molar-refractivity contribution in [3.63, 3.8) is 0 Å². The maximum atomic E-state index is 14.5. The van der Waals surface area contributed by atoms with Crippen molar-refractivity contribution in [2.75, 3.05) is 20.3 Å². The summed E-state index contributed by atoms with van der Waals surface area (Å²) in [4.78, 5) is 0. The maximum absolute atomic E-state index is 14.5. The van der Waals surface area contributed by atoms with Crippen LogP contribution in [-0.4, -0.2) is 64.7 Å². The monoisotopic (exact) mass is 406 g/mol. The number of benzene rings is 2. The molecule has 29 heavy (non-hydrogen) atoms. The van der Waals surface area contributed by atoms with Gasteiger partial charge in [0.15, 0.2) is 0 Å². The Morgan fingerprint density at radius 2 is 1.83 bits per heavy atom. The Morgan fingerprint density at radius 1 is 1.10 bits per heavy atom. The first-order valence-electron chi connectivity index (χ1n) is 9.26. The Morgan fingerprint density at radius 3 is 2.48 bits per heavy atom. The molecule has 2 bridgehead atoms. The van der Waals surface area contributed by atoms with Gasteiger partial charge in [0, 0.05) is 12.0 Å². The molecule has 2 saturated heterocycles. The van der Waals surface area contributed by atoms with Crippen LogP contribution in [0.3, 0.4) is 0 Å². The molecule has 2 aromatic carbocycles. The molecule has 8 heteroatoms. The third kappa shape index (κ3) is 3.13. The minimum Gasteiger partial charge on any atom is -0.497 e. The molecule has 2 fully saturated rings. The summed E-state index contributed by atoms with van der Waals surface area (Å²) in [6, 6.07) is 11.3. The van der Waals surface area contributed by atoms with Crippen molar-refractivity contribution >= 4 is 0 Å². The fraction of sp³-hybridized carbons (Fsp3) is 0.429. The smallest absolute Gasteiger partial charge is 0.225 e. The number of fused-ring (bicyclic) bond motifs is 2. The lowest BCUT2D eigenvalue weighted by Crippen LogP contribution is -2.65. The summed E-state index contributed by atoms with van der Waals surface area (Å²) in [5.41, 5.74) is -0.0971. The summed E-state index contributed by atoms with van der Waals surface area (Å²) in [5, 5.41) is 40.9. The first-order chi connectivity index (χ1) is 13.8. The average molecular weight is 406 g/mol. The Hall–Kier alpha value is -2.07. The number of halogens is 1. The number of hydrogen-bond donors (Lipinski definition) is 4. The molecule has 7 nitrogen and oxygen atoms in total. The summed E-state index contributed by atoms with van der Waals surface area (Å²) in [6.07, 6.45) is -4.49. The molecule has 0 spiro atoms. The van der Waals surface area contributed by atoms with Crippen LogP contribution in [0.2, 0.25) is 0 Å². The number of aliphatic hydroxyl groups excluding tert-OH is 4. The van der Waals surface area contributed by atoms with E-state index in [-0.39, 0.29) is 18.6 Å². The van der Waals surface area contributed by atoms with Gasteiger partial charge in [0.05, 0.1) is 20.3 Å².